The number of aliphatic imine (C=N–C) groups is 1. The number of ether oxygens (including phenoxy) is 1. The van der Waals surface area contributed by atoms with E-state index in [9.17, 15) is 4.79 Å². The molecule has 7 nitrogen and oxygen atoms in total. The molecule has 1 aromatic rings. The van der Waals surface area contributed by atoms with Crippen molar-refractivity contribution < 1.29 is 13.9 Å². The van der Waals surface area contributed by atoms with Crippen LogP contribution in [-0.2, 0) is 11.2 Å². The van der Waals surface area contributed by atoms with Gasteiger partial charge in [-0.1, -0.05) is 24.8 Å². The highest BCUT2D eigenvalue weighted by Crippen LogP contribution is 2.13. The largest absolute Gasteiger partial charge is 0.490 e. The lowest BCUT2D eigenvalue weighted by molar-refractivity contribution is 0.0490. The number of piperazine rings is 1. The van der Waals surface area contributed by atoms with Gasteiger partial charge in [-0.05, 0) is 26.6 Å². The molecule has 1 amide bonds. The molecular weight excluding hydrogens is 356 g/mol. The van der Waals surface area contributed by atoms with Crippen LogP contribution in [0.5, 0.6) is 0 Å². The summed E-state index contributed by atoms with van der Waals surface area (Å²) in [5.74, 6) is 0.887. The fourth-order valence-corrected chi connectivity index (χ4v) is 2.48. The second kappa shape index (κ2) is 13.3. The summed E-state index contributed by atoms with van der Waals surface area (Å²) in [5.41, 5.74) is 0.318. The molecule has 0 aliphatic carbocycles. The van der Waals surface area contributed by atoms with Crippen molar-refractivity contribution in [1.82, 2.24) is 15.2 Å². The first-order valence-corrected chi connectivity index (χ1v) is 9.16. The van der Waals surface area contributed by atoms with E-state index in [1.54, 1.807) is 17.1 Å². The summed E-state index contributed by atoms with van der Waals surface area (Å²) < 4.78 is 11.0. The van der Waals surface area contributed by atoms with Crippen LogP contribution in [0.3, 0.4) is 0 Å². The normalized spacial score (nSPS) is 16.9. The Morgan fingerprint density at radius 3 is 2.89 bits per heavy atom. The number of amides is 1. The summed E-state index contributed by atoms with van der Waals surface area (Å²) in [6.07, 6.45) is 10.6. The van der Waals surface area contributed by atoms with E-state index in [1.165, 1.54) is 12.5 Å². The molecule has 2 rings (SSSR count). The molecule has 0 bridgehead atoms. The molecule has 152 valence electrons. The van der Waals surface area contributed by atoms with Gasteiger partial charge in [0.1, 0.15) is 18.6 Å². The lowest BCUT2D eigenvalue weighted by atomic mass is 10.2. The van der Waals surface area contributed by atoms with Gasteiger partial charge in [-0.2, -0.15) is 0 Å². The summed E-state index contributed by atoms with van der Waals surface area (Å²) in [5, 5.41) is 3.27. The first-order chi connectivity index (χ1) is 13.6. The van der Waals surface area contributed by atoms with Gasteiger partial charge in [-0.3, -0.25) is 9.79 Å². The zero-order valence-corrected chi connectivity index (χ0v) is 16.8. The van der Waals surface area contributed by atoms with Crippen LogP contribution < -0.4 is 5.32 Å². The Kier molecular flexibility index (Phi) is 11.0. The fourth-order valence-electron chi connectivity index (χ4n) is 2.48. The summed E-state index contributed by atoms with van der Waals surface area (Å²) in [6.45, 7) is 16.5. The van der Waals surface area contributed by atoms with E-state index in [0.29, 0.717) is 43.5 Å². The quantitative estimate of drug-likeness (QED) is 0.321. The van der Waals surface area contributed by atoms with Gasteiger partial charge in [0.25, 0.3) is 5.91 Å². The van der Waals surface area contributed by atoms with Crippen LogP contribution in [0.1, 0.15) is 30.2 Å². The molecule has 1 aromatic heterocycles. The standard InChI is InChI=1S/C18H24N4O3.C3H6/c1-4-6-7-17-21-16(13-25-17)18(23)22-9-8-20-10-14(22)12-24-15(5-2)11-19-3;1-3-2/h4-6,11,13-14,20H,2-3,7-10,12H2,1H3;3H,1H2,2H3/b6-4-,15-11+;. The molecule has 1 saturated heterocycles. The first-order valence-electron chi connectivity index (χ1n) is 9.16. The van der Waals surface area contributed by atoms with Crippen LogP contribution in [-0.4, -0.2) is 54.8 Å². The minimum atomic E-state index is -0.156. The highest BCUT2D eigenvalue weighted by atomic mass is 16.5. The molecule has 1 atom stereocenters. The Labute approximate surface area is 167 Å². The Bertz CT molecular complexity index is 706. The topological polar surface area (TPSA) is 80.0 Å². The third-order valence-electron chi connectivity index (χ3n) is 3.77. The molecule has 7 heteroatoms. The van der Waals surface area contributed by atoms with Gasteiger partial charge in [0.2, 0.25) is 0 Å². The Balaban J connectivity index is 0.00000122. The molecule has 0 saturated carbocycles. The van der Waals surface area contributed by atoms with E-state index in [-0.39, 0.29) is 11.9 Å². The lowest BCUT2D eigenvalue weighted by Gasteiger charge is -2.35. The fraction of sp³-hybridized carbons (Fsp3) is 0.381. The van der Waals surface area contributed by atoms with Crippen molar-refractivity contribution in [3.63, 3.8) is 0 Å². The van der Waals surface area contributed by atoms with Gasteiger partial charge < -0.3 is 19.4 Å². The minimum Gasteiger partial charge on any atom is -0.490 e. The molecule has 1 aliphatic rings. The van der Waals surface area contributed by atoms with Gasteiger partial charge in [0.15, 0.2) is 11.6 Å². The van der Waals surface area contributed by atoms with Crippen LogP contribution in [0, 0.1) is 0 Å². The molecule has 1 N–H and O–H groups in total. The molecule has 1 aliphatic heterocycles. The van der Waals surface area contributed by atoms with Crippen molar-refractivity contribution >= 4 is 12.6 Å². The highest BCUT2D eigenvalue weighted by molar-refractivity contribution is 5.92. The first kappa shape index (κ1) is 23.1. The van der Waals surface area contributed by atoms with Crippen molar-refractivity contribution in [2.24, 2.45) is 4.99 Å². The monoisotopic (exact) mass is 386 g/mol. The number of hydrogen-bond donors (Lipinski definition) is 1. The van der Waals surface area contributed by atoms with Crippen molar-refractivity contribution in [3.05, 3.63) is 67.3 Å². The molecule has 28 heavy (non-hydrogen) atoms. The van der Waals surface area contributed by atoms with E-state index in [2.05, 4.69) is 35.2 Å². The van der Waals surface area contributed by atoms with Gasteiger partial charge in [0, 0.05) is 26.1 Å². The predicted molar refractivity (Wildman–Crippen MR) is 112 cm³/mol. The SMILES string of the molecule is C=C/C(=C\N=C)OCC1CNCCN1C(=O)c1coc(C/C=C\C)n1.C=CC. The molecule has 2 heterocycles. The van der Waals surface area contributed by atoms with Crippen LogP contribution in [0.4, 0.5) is 0 Å². The molecule has 0 aromatic carbocycles. The van der Waals surface area contributed by atoms with E-state index < -0.39 is 0 Å². The number of oxazole rings is 1. The number of carbonyl (C=O) groups excluding carboxylic acids is 1. The van der Waals surface area contributed by atoms with Crippen LogP contribution in [0.25, 0.3) is 0 Å². The lowest BCUT2D eigenvalue weighted by Crippen LogP contribution is -2.55. The third-order valence-corrected chi connectivity index (χ3v) is 3.77. The number of hydrogen-bond acceptors (Lipinski definition) is 6. The second-order valence-electron chi connectivity index (χ2n) is 5.89. The Morgan fingerprint density at radius 1 is 1.50 bits per heavy atom. The van der Waals surface area contributed by atoms with Crippen molar-refractivity contribution in [1.29, 1.82) is 0 Å². The van der Waals surface area contributed by atoms with Gasteiger partial charge in [0.05, 0.1) is 12.2 Å². The maximum Gasteiger partial charge on any atom is 0.276 e. The number of allylic oxidation sites excluding steroid dienone is 4. The van der Waals surface area contributed by atoms with E-state index in [0.717, 1.165) is 6.54 Å². The van der Waals surface area contributed by atoms with Crippen LogP contribution in [0.2, 0.25) is 0 Å². The highest BCUT2D eigenvalue weighted by Gasteiger charge is 2.29. The predicted octanol–water partition coefficient (Wildman–Crippen LogP) is 3.14. The van der Waals surface area contributed by atoms with Crippen LogP contribution >= 0.6 is 0 Å². The number of nitrogens with zero attached hydrogens (tertiary/aromatic N) is 3. The average Bonchev–Trinajstić information content (AvgIpc) is 3.19. The zero-order chi connectivity index (χ0) is 20.8. The number of rotatable bonds is 8. The summed E-state index contributed by atoms with van der Waals surface area (Å²) in [6, 6.07) is -0.120. The Hall–Kier alpha value is -2.93. The van der Waals surface area contributed by atoms with Crippen molar-refractivity contribution in [3.8, 4) is 0 Å². The third kappa shape index (κ3) is 7.36. The van der Waals surface area contributed by atoms with Gasteiger partial charge in [-0.15, -0.1) is 6.58 Å². The maximum atomic E-state index is 12.8. The molecule has 0 spiro atoms. The molecule has 1 fully saturated rings. The number of carbonyl (C=O) groups is 1. The number of nitrogens with one attached hydrogen (secondary N) is 1. The van der Waals surface area contributed by atoms with Gasteiger partial charge >= 0.3 is 0 Å². The summed E-state index contributed by atoms with van der Waals surface area (Å²) in [4.78, 5) is 22.5. The smallest absolute Gasteiger partial charge is 0.276 e. The minimum absolute atomic E-state index is 0.120. The maximum absolute atomic E-state index is 12.8. The second-order valence-corrected chi connectivity index (χ2v) is 5.89. The van der Waals surface area contributed by atoms with Gasteiger partial charge in [-0.25, -0.2) is 4.98 Å². The van der Waals surface area contributed by atoms with E-state index in [4.69, 9.17) is 9.15 Å². The molecular formula is C21H30N4O3. The van der Waals surface area contributed by atoms with Crippen molar-refractivity contribution in [2.45, 2.75) is 26.3 Å². The Morgan fingerprint density at radius 2 is 2.25 bits per heavy atom. The molecule has 0 radical (unpaired) electrons. The van der Waals surface area contributed by atoms with E-state index >= 15 is 0 Å². The summed E-state index contributed by atoms with van der Waals surface area (Å²) in [7, 11) is 0. The zero-order valence-electron chi connectivity index (χ0n) is 16.8. The summed E-state index contributed by atoms with van der Waals surface area (Å²) >= 11 is 0. The van der Waals surface area contributed by atoms with Crippen molar-refractivity contribution in [2.75, 3.05) is 26.2 Å². The van der Waals surface area contributed by atoms with Crippen LogP contribution in [0.15, 0.2) is 65.1 Å². The molecule has 1 unspecified atom stereocenters. The number of aromatic nitrogens is 1. The van der Waals surface area contributed by atoms with E-state index in [1.807, 2.05) is 26.0 Å². The average molecular weight is 386 g/mol.